The molecule has 0 radical (unpaired) electrons. The van der Waals surface area contributed by atoms with Crippen LogP contribution in [0.5, 0.6) is 0 Å². The number of unbranched alkanes of at least 4 members (excludes halogenated alkanes) is 1. The van der Waals surface area contributed by atoms with Gasteiger partial charge in [-0.3, -0.25) is 5.32 Å². The number of hydrogen-bond donors (Lipinski definition) is 3. The third kappa shape index (κ3) is 6.01. The SMILES string of the molecule is CCCCC(N)NCCO. The summed E-state index contributed by atoms with van der Waals surface area (Å²) in [7, 11) is 0. The van der Waals surface area contributed by atoms with E-state index < -0.39 is 0 Å². The third-order valence-electron chi connectivity index (χ3n) is 1.39. The van der Waals surface area contributed by atoms with Crippen molar-refractivity contribution in [3.63, 3.8) is 0 Å². The summed E-state index contributed by atoms with van der Waals surface area (Å²) >= 11 is 0. The molecule has 4 N–H and O–H groups in total. The fourth-order valence-corrected chi connectivity index (χ4v) is 0.776. The minimum absolute atomic E-state index is 0.0621. The molecule has 0 amide bonds. The van der Waals surface area contributed by atoms with Crippen molar-refractivity contribution in [3.8, 4) is 0 Å². The summed E-state index contributed by atoms with van der Waals surface area (Å²) < 4.78 is 0. The topological polar surface area (TPSA) is 58.3 Å². The Morgan fingerprint density at radius 1 is 1.60 bits per heavy atom. The molecule has 0 bridgehead atoms. The Balaban J connectivity index is 3.00. The summed E-state index contributed by atoms with van der Waals surface area (Å²) in [4.78, 5) is 0. The highest BCUT2D eigenvalue weighted by Crippen LogP contribution is 1.94. The first-order valence-electron chi connectivity index (χ1n) is 3.91. The molecule has 62 valence electrons. The molecule has 3 heteroatoms. The Labute approximate surface area is 62.6 Å². The quantitative estimate of drug-likeness (QED) is 0.464. The number of hydrogen-bond acceptors (Lipinski definition) is 3. The van der Waals surface area contributed by atoms with Crippen molar-refractivity contribution in [2.45, 2.75) is 32.4 Å². The lowest BCUT2D eigenvalue weighted by Gasteiger charge is -2.11. The van der Waals surface area contributed by atoms with Crippen LogP contribution in [-0.2, 0) is 0 Å². The van der Waals surface area contributed by atoms with Gasteiger partial charge in [-0.15, -0.1) is 0 Å². The van der Waals surface area contributed by atoms with Gasteiger partial charge in [0.1, 0.15) is 0 Å². The van der Waals surface area contributed by atoms with E-state index in [1.54, 1.807) is 0 Å². The zero-order valence-electron chi connectivity index (χ0n) is 6.64. The third-order valence-corrected chi connectivity index (χ3v) is 1.39. The largest absolute Gasteiger partial charge is 0.395 e. The number of nitrogens with two attached hydrogens (primary N) is 1. The highest BCUT2D eigenvalue weighted by molar-refractivity contribution is 4.57. The van der Waals surface area contributed by atoms with Gasteiger partial charge in [0.05, 0.1) is 12.8 Å². The average Bonchev–Trinajstić information content (AvgIpc) is 1.97. The lowest BCUT2D eigenvalue weighted by molar-refractivity contribution is 0.282. The van der Waals surface area contributed by atoms with Crippen molar-refractivity contribution < 1.29 is 5.11 Å². The van der Waals surface area contributed by atoms with Crippen LogP contribution >= 0.6 is 0 Å². The molecule has 0 spiro atoms. The van der Waals surface area contributed by atoms with E-state index in [2.05, 4.69) is 12.2 Å². The molecule has 0 aromatic carbocycles. The van der Waals surface area contributed by atoms with Gasteiger partial charge in [0, 0.05) is 6.54 Å². The lowest BCUT2D eigenvalue weighted by atomic mass is 10.2. The summed E-state index contributed by atoms with van der Waals surface area (Å²) in [6, 6.07) is 0. The number of nitrogens with one attached hydrogen (secondary N) is 1. The van der Waals surface area contributed by atoms with E-state index in [9.17, 15) is 0 Å². The maximum absolute atomic E-state index is 8.42. The van der Waals surface area contributed by atoms with Gasteiger partial charge in [0.25, 0.3) is 0 Å². The first-order valence-corrected chi connectivity index (χ1v) is 3.91. The Bertz CT molecular complexity index is 60.6. The van der Waals surface area contributed by atoms with Crippen molar-refractivity contribution in [3.05, 3.63) is 0 Å². The molecule has 0 saturated heterocycles. The summed E-state index contributed by atoms with van der Waals surface area (Å²) in [5, 5.41) is 11.4. The van der Waals surface area contributed by atoms with Gasteiger partial charge in [-0.1, -0.05) is 19.8 Å². The Hall–Kier alpha value is -0.120. The molecule has 0 aliphatic heterocycles. The highest BCUT2D eigenvalue weighted by Gasteiger charge is 1.97. The molecule has 0 aliphatic rings. The minimum atomic E-state index is 0.0621. The van der Waals surface area contributed by atoms with Crippen LogP contribution in [0.4, 0.5) is 0 Å². The molecule has 0 rings (SSSR count). The molecule has 0 aliphatic carbocycles. The second-order valence-electron chi connectivity index (χ2n) is 2.43. The molecule has 0 heterocycles. The van der Waals surface area contributed by atoms with Gasteiger partial charge >= 0.3 is 0 Å². The smallest absolute Gasteiger partial charge is 0.0556 e. The predicted molar refractivity (Wildman–Crippen MR) is 42.6 cm³/mol. The van der Waals surface area contributed by atoms with E-state index in [0.717, 1.165) is 12.8 Å². The summed E-state index contributed by atoms with van der Waals surface area (Å²) in [6.45, 7) is 2.91. The Morgan fingerprint density at radius 2 is 2.30 bits per heavy atom. The van der Waals surface area contributed by atoms with Crippen LogP contribution < -0.4 is 11.1 Å². The van der Waals surface area contributed by atoms with Crippen molar-refractivity contribution in [1.82, 2.24) is 5.32 Å². The van der Waals surface area contributed by atoms with Crippen LogP contribution in [0.1, 0.15) is 26.2 Å². The zero-order chi connectivity index (χ0) is 7.82. The number of rotatable bonds is 6. The van der Waals surface area contributed by atoms with E-state index in [1.165, 1.54) is 6.42 Å². The molecule has 0 fully saturated rings. The second kappa shape index (κ2) is 6.99. The van der Waals surface area contributed by atoms with E-state index >= 15 is 0 Å². The van der Waals surface area contributed by atoms with Crippen LogP contribution in [0, 0.1) is 0 Å². The standard InChI is InChI=1S/C7H18N2O/c1-2-3-4-7(8)9-5-6-10/h7,9-10H,2-6,8H2,1H3. The maximum Gasteiger partial charge on any atom is 0.0556 e. The molecule has 0 aromatic heterocycles. The molecule has 1 unspecified atom stereocenters. The van der Waals surface area contributed by atoms with Crippen molar-refractivity contribution >= 4 is 0 Å². The first-order chi connectivity index (χ1) is 4.81. The van der Waals surface area contributed by atoms with Crippen LogP contribution in [0.2, 0.25) is 0 Å². The summed E-state index contributed by atoms with van der Waals surface area (Å²) in [5.74, 6) is 0. The van der Waals surface area contributed by atoms with E-state index in [4.69, 9.17) is 10.8 Å². The molecule has 10 heavy (non-hydrogen) atoms. The fourth-order valence-electron chi connectivity index (χ4n) is 0.776. The van der Waals surface area contributed by atoms with Crippen molar-refractivity contribution in [2.24, 2.45) is 5.73 Å². The Morgan fingerprint density at radius 3 is 2.80 bits per heavy atom. The van der Waals surface area contributed by atoms with Crippen molar-refractivity contribution in [1.29, 1.82) is 0 Å². The molecular weight excluding hydrogens is 128 g/mol. The number of aliphatic hydroxyl groups excluding tert-OH is 1. The van der Waals surface area contributed by atoms with E-state index in [-0.39, 0.29) is 12.8 Å². The van der Waals surface area contributed by atoms with Gasteiger partial charge < -0.3 is 10.8 Å². The van der Waals surface area contributed by atoms with E-state index in [1.807, 2.05) is 0 Å². The lowest BCUT2D eigenvalue weighted by Crippen LogP contribution is -2.38. The van der Waals surface area contributed by atoms with Gasteiger partial charge in [0.15, 0.2) is 0 Å². The van der Waals surface area contributed by atoms with Crippen LogP contribution in [0.3, 0.4) is 0 Å². The van der Waals surface area contributed by atoms with Gasteiger partial charge in [-0.25, -0.2) is 0 Å². The predicted octanol–water partition coefficient (Wildman–Crippen LogP) is 0.0433. The van der Waals surface area contributed by atoms with Crippen molar-refractivity contribution in [2.75, 3.05) is 13.2 Å². The molecule has 1 atom stereocenters. The second-order valence-corrected chi connectivity index (χ2v) is 2.43. The van der Waals surface area contributed by atoms with Crippen LogP contribution in [0.25, 0.3) is 0 Å². The van der Waals surface area contributed by atoms with Gasteiger partial charge in [-0.2, -0.15) is 0 Å². The summed E-state index contributed by atoms with van der Waals surface area (Å²) in [5.41, 5.74) is 5.62. The normalized spacial score (nSPS) is 13.5. The van der Waals surface area contributed by atoms with Gasteiger partial charge in [-0.05, 0) is 6.42 Å². The monoisotopic (exact) mass is 146 g/mol. The zero-order valence-corrected chi connectivity index (χ0v) is 6.64. The minimum Gasteiger partial charge on any atom is -0.395 e. The summed E-state index contributed by atoms with van der Waals surface area (Å²) in [6.07, 6.45) is 3.39. The number of aliphatic hydroxyl groups is 1. The molecule has 3 nitrogen and oxygen atoms in total. The molecule has 0 aromatic rings. The van der Waals surface area contributed by atoms with Gasteiger partial charge in [0.2, 0.25) is 0 Å². The Kier molecular flexibility index (Phi) is 6.91. The molecular formula is C7H18N2O. The fraction of sp³-hybridized carbons (Fsp3) is 1.00. The van der Waals surface area contributed by atoms with Crippen LogP contribution in [-0.4, -0.2) is 24.4 Å². The molecule has 0 saturated carbocycles. The highest BCUT2D eigenvalue weighted by atomic mass is 16.3. The van der Waals surface area contributed by atoms with Crippen LogP contribution in [0.15, 0.2) is 0 Å². The maximum atomic E-state index is 8.42. The first kappa shape index (κ1) is 9.88. The van der Waals surface area contributed by atoms with E-state index in [0.29, 0.717) is 6.54 Å². The average molecular weight is 146 g/mol.